The normalized spacial score (nSPS) is 14.6. The number of alkyl halides is 11. The van der Waals surface area contributed by atoms with Crippen LogP contribution < -0.4 is 0 Å². The molecule has 0 saturated carbocycles. The third kappa shape index (κ3) is 3.82. The zero-order chi connectivity index (χ0) is 16.7. The van der Waals surface area contributed by atoms with E-state index in [-0.39, 0.29) is 0 Å². The van der Waals surface area contributed by atoms with E-state index in [0.29, 0.717) is 0 Å². The molecule has 0 unspecified atom stereocenters. The quantitative estimate of drug-likeness (QED) is 0.565. The van der Waals surface area contributed by atoms with Crippen LogP contribution in [-0.2, 0) is 4.79 Å². The van der Waals surface area contributed by atoms with Crippen LogP contribution in [0, 0.1) is 5.92 Å². The number of hydrogen-bond acceptors (Lipinski definition) is 1. The number of carbonyl (C=O) groups is 1. The maximum Gasteiger partial charge on any atom is 0.418 e. The van der Waals surface area contributed by atoms with Gasteiger partial charge in [0.2, 0.25) is 11.7 Å². The van der Waals surface area contributed by atoms with Crippen molar-refractivity contribution in [3.8, 4) is 0 Å². The average Bonchev–Trinajstić information content (AvgIpc) is 2.09. The minimum absolute atomic E-state index is 1.63. The van der Waals surface area contributed by atoms with Gasteiger partial charge in [0.25, 0.3) is 0 Å². The Morgan fingerprint density at radius 1 is 0.750 bits per heavy atom. The van der Waals surface area contributed by atoms with Gasteiger partial charge in [0.1, 0.15) is 5.57 Å². The second-order valence-corrected chi connectivity index (χ2v) is 3.43. The summed E-state index contributed by atoms with van der Waals surface area (Å²) in [5.41, 5.74) is -3.31. The van der Waals surface area contributed by atoms with Crippen LogP contribution in [0.1, 0.15) is 0 Å². The molecule has 0 aliphatic heterocycles. The first-order valence-corrected chi connectivity index (χ1v) is 4.25. The van der Waals surface area contributed by atoms with E-state index >= 15 is 0 Å². The Kier molecular flexibility index (Phi) is 4.55. The van der Waals surface area contributed by atoms with E-state index in [9.17, 15) is 53.1 Å². The SMILES string of the molecule is C=C(C(F)(F)F)C(F)(F)C(=O)C(C(F)(F)F)C(F)(F)F. The summed E-state index contributed by atoms with van der Waals surface area (Å²) >= 11 is 0. The summed E-state index contributed by atoms with van der Waals surface area (Å²) in [6.07, 6.45) is -19.1. The van der Waals surface area contributed by atoms with Gasteiger partial charge in [-0.3, -0.25) is 4.79 Å². The third-order valence-corrected chi connectivity index (χ3v) is 1.95. The Hall–Kier alpha value is -1.36. The van der Waals surface area contributed by atoms with Crippen LogP contribution >= 0.6 is 0 Å². The van der Waals surface area contributed by atoms with Crippen LogP contribution in [-0.4, -0.2) is 30.2 Å². The van der Waals surface area contributed by atoms with Gasteiger partial charge in [-0.15, -0.1) is 0 Å². The Labute approximate surface area is 103 Å². The number of hydrogen-bond donors (Lipinski definition) is 0. The van der Waals surface area contributed by atoms with Gasteiger partial charge in [0.05, 0.1) is 0 Å². The molecule has 0 rings (SSSR count). The molecular formula is C8H3F11O. The van der Waals surface area contributed by atoms with E-state index in [1.54, 1.807) is 6.58 Å². The molecule has 0 saturated heterocycles. The zero-order valence-electron chi connectivity index (χ0n) is 8.85. The van der Waals surface area contributed by atoms with E-state index in [2.05, 4.69) is 0 Å². The summed E-state index contributed by atoms with van der Waals surface area (Å²) in [7, 11) is 0. The molecule has 0 aliphatic carbocycles. The number of halogens is 11. The molecule has 0 atom stereocenters. The topological polar surface area (TPSA) is 17.1 Å². The minimum atomic E-state index is -6.52. The van der Waals surface area contributed by atoms with Gasteiger partial charge in [0, 0.05) is 0 Å². The Balaban J connectivity index is 5.77. The fourth-order valence-corrected chi connectivity index (χ4v) is 0.991. The lowest BCUT2D eigenvalue weighted by atomic mass is 9.93. The first-order chi connectivity index (χ1) is 8.43. The maximum atomic E-state index is 12.8. The van der Waals surface area contributed by atoms with E-state index < -0.39 is 41.7 Å². The predicted molar refractivity (Wildman–Crippen MR) is 40.7 cm³/mol. The van der Waals surface area contributed by atoms with Crippen molar-refractivity contribution in [2.24, 2.45) is 5.92 Å². The number of allylic oxidation sites excluding steroid dienone is 1. The molecule has 0 spiro atoms. The molecule has 0 aromatic carbocycles. The van der Waals surface area contributed by atoms with Crippen LogP contribution in [0.25, 0.3) is 0 Å². The highest BCUT2D eigenvalue weighted by atomic mass is 19.4. The molecule has 0 radical (unpaired) electrons. The predicted octanol–water partition coefficient (Wildman–Crippen LogP) is 4.05. The van der Waals surface area contributed by atoms with Crippen molar-refractivity contribution < 1.29 is 53.1 Å². The van der Waals surface area contributed by atoms with Crippen LogP contribution in [0.5, 0.6) is 0 Å². The van der Waals surface area contributed by atoms with Crippen LogP contribution in [0.15, 0.2) is 12.2 Å². The van der Waals surface area contributed by atoms with E-state index in [0.717, 1.165) is 0 Å². The molecular weight excluding hydrogens is 321 g/mol. The average molecular weight is 324 g/mol. The van der Waals surface area contributed by atoms with Gasteiger partial charge >= 0.3 is 24.5 Å². The Bertz CT molecular complexity index is 382. The summed E-state index contributed by atoms with van der Waals surface area (Å²) in [5.74, 6) is -15.3. The molecule has 1 nitrogen and oxygen atoms in total. The second kappa shape index (κ2) is 4.88. The Morgan fingerprint density at radius 2 is 1.05 bits per heavy atom. The highest BCUT2D eigenvalue weighted by Crippen LogP contribution is 2.46. The molecule has 0 N–H and O–H groups in total. The summed E-state index contributed by atoms with van der Waals surface area (Å²) < 4.78 is 133. The molecule has 0 aliphatic rings. The van der Waals surface area contributed by atoms with Gasteiger partial charge < -0.3 is 0 Å². The van der Waals surface area contributed by atoms with E-state index in [1.807, 2.05) is 0 Å². The minimum Gasteiger partial charge on any atom is -0.291 e. The van der Waals surface area contributed by atoms with Crippen molar-refractivity contribution in [2.45, 2.75) is 24.5 Å². The number of rotatable bonds is 3. The van der Waals surface area contributed by atoms with Crippen molar-refractivity contribution in [3.63, 3.8) is 0 Å². The number of ketones is 1. The molecule has 118 valence electrons. The molecule has 20 heavy (non-hydrogen) atoms. The van der Waals surface area contributed by atoms with Gasteiger partial charge in [-0.25, -0.2) is 0 Å². The highest BCUT2D eigenvalue weighted by molar-refractivity contribution is 5.92. The van der Waals surface area contributed by atoms with Crippen LogP contribution in [0.3, 0.4) is 0 Å². The third-order valence-electron chi connectivity index (χ3n) is 1.95. The highest BCUT2D eigenvalue weighted by Gasteiger charge is 2.68. The van der Waals surface area contributed by atoms with Crippen molar-refractivity contribution in [2.75, 3.05) is 0 Å². The van der Waals surface area contributed by atoms with Crippen LogP contribution in [0.4, 0.5) is 48.3 Å². The smallest absolute Gasteiger partial charge is 0.291 e. The van der Waals surface area contributed by atoms with E-state index in [1.165, 1.54) is 0 Å². The summed E-state index contributed by atoms with van der Waals surface area (Å²) in [4.78, 5) is 10.6. The molecule has 0 heterocycles. The lowest BCUT2D eigenvalue weighted by Gasteiger charge is -2.27. The standard InChI is InChI=1S/C8H3F11O/c1-2(6(11,12)13)5(9,10)4(20)3(7(14,15)16)8(17,18)19/h3H,1H2. The summed E-state index contributed by atoms with van der Waals surface area (Å²) in [6.45, 7) is 1.63. The number of carbonyl (C=O) groups excluding carboxylic acids is 1. The first-order valence-electron chi connectivity index (χ1n) is 4.25. The second-order valence-electron chi connectivity index (χ2n) is 3.43. The molecule has 0 amide bonds. The van der Waals surface area contributed by atoms with Gasteiger partial charge in [-0.05, 0) is 0 Å². The zero-order valence-corrected chi connectivity index (χ0v) is 8.85. The summed E-state index contributed by atoms with van der Waals surface area (Å²) in [5, 5.41) is 0. The van der Waals surface area contributed by atoms with Crippen molar-refractivity contribution >= 4 is 5.78 Å². The fourth-order valence-electron chi connectivity index (χ4n) is 0.991. The lowest BCUT2D eigenvalue weighted by Crippen LogP contribution is -2.51. The number of Topliss-reactive ketones (excluding diaryl/α,β-unsaturated/α-hetero) is 1. The van der Waals surface area contributed by atoms with Gasteiger partial charge in [-0.2, -0.15) is 48.3 Å². The molecule has 0 aromatic heterocycles. The van der Waals surface area contributed by atoms with Crippen LogP contribution in [0.2, 0.25) is 0 Å². The lowest BCUT2D eigenvalue weighted by molar-refractivity contribution is -0.279. The van der Waals surface area contributed by atoms with Crippen molar-refractivity contribution in [1.29, 1.82) is 0 Å². The van der Waals surface area contributed by atoms with Crippen molar-refractivity contribution in [1.82, 2.24) is 0 Å². The molecule has 0 bridgehead atoms. The van der Waals surface area contributed by atoms with Gasteiger partial charge in [-0.1, -0.05) is 6.58 Å². The first kappa shape index (κ1) is 18.6. The molecule has 0 fully saturated rings. The van der Waals surface area contributed by atoms with E-state index in [4.69, 9.17) is 0 Å². The molecule has 0 aromatic rings. The van der Waals surface area contributed by atoms with Crippen molar-refractivity contribution in [3.05, 3.63) is 12.2 Å². The molecule has 12 heteroatoms. The maximum absolute atomic E-state index is 12.8. The fraction of sp³-hybridized carbons (Fsp3) is 0.625. The monoisotopic (exact) mass is 324 g/mol. The summed E-state index contributed by atoms with van der Waals surface area (Å²) in [6, 6.07) is 0. The van der Waals surface area contributed by atoms with Gasteiger partial charge in [0.15, 0.2) is 0 Å². The largest absolute Gasteiger partial charge is 0.418 e. The Morgan fingerprint density at radius 3 is 1.25 bits per heavy atom.